The molecule has 0 fully saturated rings. The monoisotopic (exact) mass is 268 g/mol. The Balaban J connectivity index is 2.04. The maximum absolute atomic E-state index is 5.18. The highest BCUT2D eigenvalue weighted by molar-refractivity contribution is 7.71. The van der Waals surface area contributed by atoms with E-state index in [4.69, 9.17) is 12.2 Å². The predicted molar refractivity (Wildman–Crippen MR) is 74.4 cm³/mol. The molecule has 0 spiro atoms. The van der Waals surface area contributed by atoms with Gasteiger partial charge in [0.2, 0.25) is 5.95 Å². The molecule has 4 nitrogen and oxygen atoms in total. The predicted octanol–water partition coefficient (Wildman–Crippen LogP) is 2.70. The van der Waals surface area contributed by atoms with Crippen molar-refractivity contribution in [3.63, 3.8) is 0 Å². The molecule has 2 aromatic heterocycles. The Morgan fingerprint density at radius 2 is 2.41 bits per heavy atom. The highest BCUT2D eigenvalue weighted by atomic mass is 32.1. The average molecular weight is 268 g/mol. The van der Waals surface area contributed by atoms with Crippen LogP contribution in [0.15, 0.2) is 17.5 Å². The molecule has 0 radical (unpaired) electrons. The van der Waals surface area contributed by atoms with Gasteiger partial charge in [-0.3, -0.25) is 4.57 Å². The number of rotatable bonds is 5. The second-order valence-corrected chi connectivity index (χ2v) is 5.24. The maximum Gasteiger partial charge on any atom is 0.225 e. The normalized spacial score (nSPS) is 10.7. The van der Waals surface area contributed by atoms with Crippen molar-refractivity contribution < 1.29 is 0 Å². The lowest BCUT2D eigenvalue weighted by Gasteiger charge is -2.17. The quantitative estimate of drug-likeness (QED) is 0.847. The Labute approximate surface area is 110 Å². The Bertz CT molecular complexity index is 512. The number of aromatic amines is 1. The van der Waals surface area contributed by atoms with E-state index in [9.17, 15) is 0 Å². The van der Waals surface area contributed by atoms with E-state index in [1.807, 2.05) is 11.6 Å². The molecule has 2 aromatic rings. The first-order valence-corrected chi connectivity index (χ1v) is 6.90. The van der Waals surface area contributed by atoms with Crippen molar-refractivity contribution >= 4 is 29.5 Å². The highest BCUT2D eigenvalue weighted by Crippen LogP contribution is 2.13. The molecule has 0 bridgehead atoms. The molecule has 0 aliphatic rings. The molecule has 0 saturated heterocycles. The molecule has 2 rings (SSSR count). The van der Waals surface area contributed by atoms with Gasteiger partial charge in [-0.25, -0.2) is 5.10 Å². The van der Waals surface area contributed by atoms with E-state index in [1.165, 1.54) is 4.88 Å². The van der Waals surface area contributed by atoms with Crippen LogP contribution in [0.4, 0.5) is 5.95 Å². The molecule has 0 saturated carbocycles. The van der Waals surface area contributed by atoms with Crippen LogP contribution < -0.4 is 4.90 Å². The number of nitrogens with zero attached hydrogens (tertiary/aromatic N) is 3. The van der Waals surface area contributed by atoms with Gasteiger partial charge in [0.1, 0.15) is 0 Å². The van der Waals surface area contributed by atoms with Crippen LogP contribution in [0.25, 0.3) is 0 Å². The highest BCUT2D eigenvalue weighted by Gasteiger charge is 2.09. The van der Waals surface area contributed by atoms with Crippen LogP contribution in [-0.2, 0) is 13.0 Å². The number of thiophene rings is 1. The summed E-state index contributed by atoms with van der Waals surface area (Å²) in [7, 11) is 2.05. The fourth-order valence-corrected chi connectivity index (χ4v) is 2.67. The smallest absolute Gasteiger partial charge is 0.225 e. The number of aromatic nitrogens is 3. The van der Waals surface area contributed by atoms with Crippen molar-refractivity contribution in [3.8, 4) is 0 Å². The zero-order valence-corrected chi connectivity index (χ0v) is 11.6. The third-order valence-corrected chi connectivity index (χ3v) is 3.92. The molecular weight excluding hydrogens is 252 g/mol. The molecule has 17 heavy (non-hydrogen) atoms. The Morgan fingerprint density at radius 1 is 1.59 bits per heavy atom. The molecule has 0 aliphatic heterocycles. The first kappa shape index (κ1) is 12.3. The molecule has 92 valence electrons. The van der Waals surface area contributed by atoms with Gasteiger partial charge in [-0.2, -0.15) is 0 Å². The zero-order valence-electron chi connectivity index (χ0n) is 10.0. The Hall–Kier alpha value is -1.14. The molecule has 0 amide bonds. The van der Waals surface area contributed by atoms with E-state index in [-0.39, 0.29) is 0 Å². The lowest BCUT2D eigenvalue weighted by Crippen LogP contribution is -2.23. The molecule has 1 N–H and O–H groups in total. The van der Waals surface area contributed by atoms with Crippen LogP contribution in [0.3, 0.4) is 0 Å². The van der Waals surface area contributed by atoms with Crippen molar-refractivity contribution in [2.24, 2.45) is 0 Å². The van der Waals surface area contributed by atoms with Crippen LogP contribution in [0, 0.1) is 4.77 Å². The first-order chi connectivity index (χ1) is 8.22. The van der Waals surface area contributed by atoms with Crippen molar-refractivity contribution in [2.45, 2.75) is 19.9 Å². The fraction of sp³-hybridized carbons (Fsp3) is 0.455. The van der Waals surface area contributed by atoms with E-state index in [0.29, 0.717) is 4.77 Å². The van der Waals surface area contributed by atoms with E-state index < -0.39 is 0 Å². The van der Waals surface area contributed by atoms with E-state index >= 15 is 0 Å². The van der Waals surface area contributed by atoms with E-state index in [2.05, 4.69) is 39.5 Å². The minimum absolute atomic E-state index is 0.686. The third kappa shape index (κ3) is 2.76. The van der Waals surface area contributed by atoms with Gasteiger partial charge in [-0.1, -0.05) is 6.07 Å². The summed E-state index contributed by atoms with van der Waals surface area (Å²) in [6, 6.07) is 4.25. The first-order valence-electron chi connectivity index (χ1n) is 5.61. The average Bonchev–Trinajstić information content (AvgIpc) is 2.94. The van der Waals surface area contributed by atoms with Crippen LogP contribution >= 0.6 is 23.6 Å². The summed E-state index contributed by atoms with van der Waals surface area (Å²) in [5, 5.41) is 9.21. The summed E-state index contributed by atoms with van der Waals surface area (Å²) in [6.45, 7) is 3.86. The van der Waals surface area contributed by atoms with Crippen molar-refractivity contribution in [1.82, 2.24) is 14.8 Å². The number of hydrogen-bond acceptors (Lipinski definition) is 4. The minimum atomic E-state index is 0.686. The van der Waals surface area contributed by atoms with Crippen molar-refractivity contribution in [1.29, 1.82) is 0 Å². The zero-order chi connectivity index (χ0) is 12.3. The minimum Gasteiger partial charge on any atom is -0.344 e. The Morgan fingerprint density at radius 3 is 3.06 bits per heavy atom. The molecule has 0 unspecified atom stereocenters. The number of H-pyrrole nitrogens is 1. The molecule has 0 aliphatic carbocycles. The van der Waals surface area contributed by atoms with Gasteiger partial charge in [0, 0.05) is 25.0 Å². The molecule has 6 heteroatoms. The third-order valence-electron chi connectivity index (χ3n) is 2.67. The molecule has 2 heterocycles. The van der Waals surface area contributed by atoms with Gasteiger partial charge in [-0.15, -0.1) is 16.4 Å². The van der Waals surface area contributed by atoms with Gasteiger partial charge < -0.3 is 4.90 Å². The summed E-state index contributed by atoms with van der Waals surface area (Å²) in [6.07, 6.45) is 1.04. The SMILES string of the molecule is CCn1c(N(C)CCc2cccs2)n[nH]c1=S. The van der Waals surface area contributed by atoms with Gasteiger partial charge in [0.25, 0.3) is 0 Å². The summed E-state index contributed by atoms with van der Waals surface area (Å²) in [4.78, 5) is 3.53. The van der Waals surface area contributed by atoms with Gasteiger partial charge in [0.05, 0.1) is 0 Å². The second kappa shape index (κ2) is 5.46. The Kier molecular flexibility index (Phi) is 3.96. The van der Waals surface area contributed by atoms with Crippen LogP contribution in [-0.4, -0.2) is 28.4 Å². The summed E-state index contributed by atoms with van der Waals surface area (Å²) in [5.74, 6) is 0.911. The van der Waals surface area contributed by atoms with Gasteiger partial charge >= 0.3 is 0 Å². The van der Waals surface area contributed by atoms with Crippen LogP contribution in [0.5, 0.6) is 0 Å². The second-order valence-electron chi connectivity index (χ2n) is 3.82. The summed E-state index contributed by atoms with van der Waals surface area (Å²) >= 11 is 6.97. The standard InChI is InChI=1S/C11H16N4S2/c1-3-15-10(12-13-11(15)16)14(2)7-6-9-5-4-8-17-9/h4-5,8H,3,6-7H2,1-2H3,(H,13,16). The number of likely N-dealkylation sites (N-methyl/N-ethyl adjacent to an activating group) is 1. The summed E-state index contributed by atoms with van der Waals surface area (Å²) < 4.78 is 2.69. The van der Waals surface area contributed by atoms with Crippen LogP contribution in [0.1, 0.15) is 11.8 Å². The van der Waals surface area contributed by atoms with Crippen molar-refractivity contribution in [3.05, 3.63) is 27.2 Å². The maximum atomic E-state index is 5.18. The lowest BCUT2D eigenvalue weighted by atomic mass is 10.3. The molecule has 0 aromatic carbocycles. The number of anilines is 1. The summed E-state index contributed by atoms with van der Waals surface area (Å²) in [5.41, 5.74) is 0. The fourth-order valence-electron chi connectivity index (χ4n) is 1.72. The van der Waals surface area contributed by atoms with Gasteiger partial charge in [0.15, 0.2) is 4.77 Å². The van der Waals surface area contributed by atoms with Gasteiger partial charge in [-0.05, 0) is 37.0 Å². The van der Waals surface area contributed by atoms with E-state index in [0.717, 1.165) is 25.5 Å². The number of nitrogens with one attached hydrogen (secondary N) is 1. The molecule has 0 atom stereocenters. The van der Waals surface area contributed by atoms with E-state index in [1.54, 1.807) is 11.3 Å². The van der Waals surface area contributed by atoms with Crippen LogP contribution in [0.2, 0.25) is 0 Å². The number of hydrogen-bond donors (Lipinski definition) is 1. The lowest BCUT2D eigenvalue weighted by molar-refractivity contribution is 0.716. The molecular formula is C11H16N4S2. The topological polar surface area (TPSA) is 36.9 Å². The van der Waals surface area contributed by atoms with Crippen molar-refractivity contribution in [2.75, 3.05) is 18.5 Å². The largest absolute Gasteiger partial charge is 0.344 e.